The average molecular weight is 342 g/mol. The minimum absolute atomic E-state index is 0.366. The number of ether oxygens (including phenoxy) is 2. The third-order valence-electron chi connectivity index (χ3n) is 3.71. The Balaban J connectivity index is 1.91. The molecule has 122 valence electrons. The van der Waals surface area contributed by atoms with E-state index >= 15 is 0 Å². The number of fused-ring (bicyclic) bond motifs is 1. The van der Waals surface area contributed by atoms with E-state index in [2.05, 4.69) is 23.4 Å². The van der Waals surface area contributed by atoms with Crippen LogP contribution >= 0.6 is 11.6 Å². The molecule has 0 saturated heterocycles. The smallest absolute Gasteiger partial charge is 0.180 e. The molecule has 5 heteroatoms. The zero-order chi connectivity index (χ0) is 16.9. The summed E-state index contributed by atoms with van der Waals surface area (Å²) in [7, 11) is 1.54. The van der Waals surface area contributed by atoms with Gasteiger partial charge in [0.1, 0.15) is 6.61 Å². The normalized spacial score (nSPS) is 11.1. The number of hydrogen-bond donors (Lipinski definition) is 1. The van der Waals surface area contributed by atoms with Crippen molar-refractivity contribution in [3.8, 4) is 11.5 Å². The summed E-state index contributed by atoms with van der Waals surface area (Å²) >= 11 is 6.29. The standard InChI is InChI=1S/C19H16ClNO3/c1-23-18-10-13(11-21-22)9-17(20)19(18)24-12-15-7-4-6-14-5-2-3-8-16(14)15/h2-11,22H,12H2,1H3/b21-11+. The zero-order valence-electron chi connectivity index (χ0n) is 13.1. The van der Waals surface area contributed by atoms with E-state index in [1.807, 2.05) is 24.3 Å². The first-order valence-electron chi connectivity index (χ1n) is 7.37. The van der Waals surface area contributed by atoms with Crippen LogP contribution in [-0.2, 0) is 6.61 Å². The van der Waals surface area contributed by atoms with Gasteiger partial charge >= 0.3 is 0 Å². The molecule has 0 saturated carbocycles. The molecule has 0 fully saturated rings. The lowest BCUT2D eigenvalue weighted by Crippen LogP contribution is -2.00. The first-order chi connectivity index (χ1) is 11.7. The second kappa shape index (κ2) is 7.23. The summed E-state index contributed by atoms with van der Waals surface area (Å²) in [6, 6.07) is 17.6. The van der Waals surface area contributed by atoms with Crippen molar-refractivity contribution in [1.29, 1.82) is 0 Å². The minimum Gasteiger partial charge on any atom is -0.493 e. The second-order valence-corrected chi connectivity index (χ2v) is 5.61. The molecule has 0 aliphatic carbocycles. The fourth-order valence-corrected chi connectivity index (χ4v) is 2.86. The Bertz CT molecular complexity index is 888. The summed E-state index contributed by atoms with van der Waals surface area (Å²) in [6.45, 7) is 0.366. The first kappa shape index (κ1) is 16.1. The lowest BCUT2D eigenvalue weighted by molar-refractivity contribution is 0.286. The summed E-state index contributed by atoms with van der Waals surface area (Å²) in [6.07, 6.45) is 1.28. The molecule has 0 heterocycles. The molecule has 3 rings (SSSR count). The van der Waals surface area contributed by atoms with E-state index in [9.17, 15) is 0 Å². The zero-order valence-corrected chi connectivity index (χ0v) is 13.8. The first-order valence-corrected chi connectivity index (χ1v) is 7.75. The molecule has 0 aliphatic heterocycles. The summed E-state index contributed by atoms with van der Waals surface area (Å²) in [5, 5.41) is 14.3. The Labute approximate surface area is 144 Å². The number of nitrogens with zero attached hydrogens (tertiary/aromatic N) is 1. The van der Waals surface area contributed by atoms with Crippen molar-refractivity contribution in [3.05, 3.63) is 70.7 Å². The van der Waals surface area contributed by atoms with Crippen LogP contribution in [0.15, 0.2) is 59.8 Å². The Kier molecular flexibility index (Phi) is 4.87. The van der Waals surface area contributed by atoms with Crippen LogP contribution in [-0.4, -0.2) is 18.5 Å². The van der Waals surface area contributed by atoms with Crippen LogP contribution < -0.4 is 9.47 Å². The highest BCUT2D eigenvalue weighted by Crippen LogP contribution is 2.37. The van der Waals surface area contributed by atoms with Gasteiger partial charge in [0.2, 0.25) is 0 Å². The van der Waals surface area contributed by atoms with Gasteiger partial charge in [-0.3, -0.25) is 0 Å². The van der Waals surface area contributed by atoms with Gasteiger partial charge in [-0.05, 0) is 28.5 Å². The molecule has 1 N–H and O–H groups in total. The molecule has 0 atom stereocenters. The predicted octanol–water partition coefficient (Wildman–Crippen LogP) is 4.89. The van der Waals surface area contributed by atoms with Gasteiger partial charge < -0.3 is 14.7 Å². The number of halogens is 1. The number of benzene rings is 3. The Morgan fingerprint density at radius 2 is 1.92 bits per heavy atom. The van der Waals surface area contributed by atoms with Gasteiger partial charge in [-0.25, -0.2) is 0 Å². The highest BCUT2D eigenvalue weighted by Gasteiger charge is 2.12. The summed E-state index contributed by atoms with van der Waals surface area (Å²) in [4.78, 5) is 0. The lowest BCUT2D eigenvalue weighted by Gasteiger charge is -2.14. The van der Waals surface area contributed by atoms with Gasteiger partial charge in [0.25, 0.3) is 0 Å². The topological polar surface area (TPSA) is 51.0 Å². The second-order valence-electron chi connectivity index (χ2n) is 5.21. The van der Waals surface area contributed by atoms with Gasteiger partial charge in [0.15, 0.2) is 11.5 Å². The van der Waals surface area contributed by atoms with Crippen LogP contribution in [0.25, 0.3) is 10.8 Å². The molecule has 0 unspecified atom stereocenters. The van der Waals surface area contributed by atoms with Gasteiger partial charge in [-0.15, -0.1) is 0 Å². The molecule has 3 aromatic carbocycles. The molecular formula is C19H16ClNO3. The maximum atomic E-state index is 8.65. The van der Waals surface area contributed by atoms with Gasteiger partial charge in [0, 0.05) is 5.56 Å². The monoisotopic (exact) mass is 341 g/mol. The number of rotatable bonds is 5. The van der Waals surface area contributed by atoms with E-state index in [0.29, 0.717) is 28.7 Å². The molecule has 0 amide bonds. The summed E-state index contributed by atoms with van der Waals surface area (Å²) in [5.74, 6) is 0.944. The van der Waals surface area contributed by atoms with Crippen LogP contribution in [0.2, 0.25) is 5.02 Å². The van der Waals surface area contributed by atoms with Crippen LogP contribution in [0.4, 0.5) is 0 Å². The average Bonchev–Trinajstić information content (AvgIpc) is 2.60. The molecular weight excluding hydrogens is 326 g/mol. The molecule has 0 bridgehead atoms. The third-order valence-corrected chi connectivity index (χ3v) is 3.99. The van der Waals surface area contributed by atoms with E-state index in [0.717, 1.165) is 16.3 Å². The Morgan fingerprint density at radius 3 is 2.71 bits per heavy atom. The van der Waals surface area contributed by atoms with Crippen molar-refractivity contribution >= 4 is 28.6 Å². The van der Waals surface area contributed by atoms with Gasteiger partial charge in [-0.1, -0.05) is 59.2 Å². The van der Waals surface area contributed by atoms with E-state index < -0.39 is 0 Å². The quantitative estimate of drug-likeness (QED) is 0.408. The highest BCUT2D eigenvalue weighted by atomic mass is 35.5. The lowest BCUT2D eigenvalue weighted by atomic mass is 10.1. The van der Waals surface area contributed by atoms with Gasteiger partial charge in [0.05, 0.1) is 18.3 Å². The molecule has 0 aliphatic rings. The Morgan fingerprint density at radius 1 is 1.12 bits per heavy atom. The SMILES string of the molecule is COc1cc(/C=N/O)cc(Cl)c1OCc1cccc2ccccc12. The van der Waals surface area contributed by atoms with E-state index in [-0.39, 0.29) is 0 Å². The largest absolute Gasteiger partial charge is 0.493 e. The molecule has 4 nitrogen and oxygen atoms in total. The number of oxime groups is 1. The number of methoxy groups -OCH3 is 1. The van der Waals surface area contributed by atoms with Crippen LogP contribution in [0.5, 0.6) is 11.5 Å². The van der Waals surface area contributed by atoms with Crippen molar-refractivity contribution in [2.75, 3.05) is 7.11 Å². The molecule has 3 aromatic rings. The van der Waals surface area contributed by atoms with E-state index in [1.165, 1.54) is 13.3 Å². The maximum Gasteiger partial charge on any atom is 0.180 e. The highest BCUT2D eigenvalue weighted by molar-refractivity contribution is 6.32. The number of hydrogen-bond acceptors (Lipinski definition) is 4. The molecule has 0 spiro atoms. The van der Waals surface area contributed by atoms with Crippen LogP contribution in [0.1, 0.15) is 11.1 Å². The summed E-state index contributed by atoms with van der Waals surface area (Å²) < 4.78 is 11.3. The van der Waals surface area contributed by atoms with Crippen molar-refractivity contribution in [3.63, 3.8) is 0 Å². The predicted molar refractivity (Wildman–Crippen MR) is 95.7 cm³/mol. The maximum absolute atomic E-state index is 8.65. The van der Waals surface area contributed by atoms with E-state index in [1.54, 1.807) is 12.1 Å². The van der Waals surface area contributed by atoms with Crippen LogP contribution in [0, 0.1) is 0 Å². The van der Waals surface area contributed by atoms with Gasteiger partial charge in [-0.2, -0.15) is 0 Å². The van der Waals surface area contributed by atoms with Crippen molar-refractivity contribution in [2.45, 2.75) is 6.61 Å². The minimum atomic E-state index is 0.366. The molecule has 0 aromatic heterocycles. The van der Waals surface area contributed by atoms with Crippen molar-refractivity contribution < 1.29 is 14.7 Å². The molecule has 24 heavy (non-hydrogen) atoms. The summed E-state index contributed by atoms with van der Waals surface area (Å²) in [5.41, 5.74) is 1.68. The molecule has 0 radical (unpaired) electrons. The third kappa shape index (κ3) is 3.29. The van der Waals surface area contributed by atoms with Crippen molar-refractivity contribution in [2.24, 2.45) is 5.16 Å². The fourth-order valence-electron chi connectivity index (χ4n) is 2.59. The van der Waals surface area contributed by atoms with E-state index in [4.69, 9.17) is 26.3 Å². The van der Waals surface area contributed by atoms with Crippen LogP contribution in [0.3, 0.4) is 0 Å². The van der Waals surface area contributed by atoms with Crippen molar-refractivity contribution in [1.82, 2.24) is 0 Å². The Hall–Kier alpha value is -2.72. The fraction of sp³-hybridized carbons (Fsp3) is 0.105.